The fraction of sp³-hybridized carbons (Fsp3) is 0.273. The van der Waals surface area contributed by atoms with Crippen LogP contribution >= 0.6 is 31.9 Å². The molecule has 1 rings (SSSR count). The van der Waals surface area contributed by atoms with Crippen molar-refractivity contribution < 1.29 is 8.42 Å². The number of nitrogens with zero attached hydrogens (tertiary/aromatic N) is 1. The van der Waals surface area contributed by atoms with Crippen LogP contribution in [0.2, 0.25) is 0 Å². The highest BCUT2D eigenvalue weighted by Gasteiger charge is 2.23. The Morgan fingerprint density at radius 2 is 1.94 bits per heavy atom. The molecule has 0 heterocycles. The summed E-state index contributed by atoms with van der Waals surface area (Å²) in [6.07, 6.45) is 1.55. The molecule has 0 atom stereocenters. The Hall–Kier alpha value is -0.170. The summed E-state index contributed by atoms with van der Waals surface area (Å²) < 4.78 is 27.1. The van der Waals surface area contributed by atoms with E-state index in [2.05, 4.69) is 38.4 Å². The maximum Gasteiger partial charge on any atom is 0.244 e. The molecule has 0 fully saturated rings. The first kappa shape index (κ1) is 14.9. The molecule has 0 aromatic heterocycles. The van der Waals surface area contributed by atoms with E-state index in [1.54, 1.807) is 18.2 Å². The van der Waals surface area contributed by atoms with Crippen LogP contribution in [0.1, 0.15) is 5.56 Å². The van der Waals surface area contributed by atoms with Gasteiger partial charge in [0.1, 0.15) is 0 Å². The molecule has 1 aromatic rings. The first-order chi connectivity index (χ1) is 7.80. The molecule has 0 bridgehead atoms. The largest absolute Gasteiger partial charge is 0.244 e. The minimum Gasteiger partial charge on any atom is -0.207 e. The average molecular weight is 383 g/mol. The minimum atomic E-state index is -3.49. The topological polar surface area (TPSA) is 37.4 Å². The number of aryl methyl sites for hydroxylation is 1. The van der Waals surface area contributed by atoms with Crippen LogP contribution < -0.4 is 0 Å². The molecule has 6 heteroatoms. The second-order valence-corrected chi connectivity index (χ2v) is 7.33. The molecular weight excluding hydrogens is 370 g/mol. The van der Waals surface area contributed by atoms with Gasteiger partial charge >= 0.3 is 0 Å². The van der Waals surface area contributed by atoms with E-state index in [0.717, 1.165) is 10.0 Å². The van der Waals surface area contributed by atoms with Crippen molar-refractivity contribution in [2.75, 3.05) is 13.6 Å². The molecule has 0 aliphatic rings. The van der Waals surface area contributed by atoms with Crippen LogP contribution in [-0.4, -0.2) is 26.3 Å². The number of hydrogen-bond donors (Lipinski definition) is 0. The van der Waals surface area contributed by atoms with Gasteiger partial charge in [0.15, 0.2) is 0 Å². The van der Waals surface area contributed by atoms with Crippen LogP contribution in [0.5, 0.6) is 0 Å². The van der Waals surface area contributed by atoms with Crippen molar-refractivity contribution in [1.29, 1.82) is 0 Å². The highest BCUT2D eigenvalue weighted by Crippen LogP contribution is 2.30. The van der Waals surface area contributed by atoms with Gasteiger partial charge in [0.2, 0.25) is 10.0 Å². The molecule has 1 aromatic carbocycles. The average Bonchev–Trinajstić information content (AvgIpc) is 2.23. The fourth-order valence-electron chi connectivity index (χ4n) is 1.27. The predicted molar refractivity (Wildman–Crippen MR) is 76.6 cm³/mol. The van der Waals surface area contributed by atoms with Gasteiger partial charge in [0, 0.05) is 22.5 Å². The zero-order valence-corrected chi connectivity index (χ0v) is 13.6. The van der Waals surface area contributed by atoms with Crippen LogP contribution in [0.25, 0.3) is 0 Å². The molecule has 17 heavy (non-hydrogen) atoms. The minimum absolute atomic E-state index is 0.249. The predicted octanol–water partition coefficient (Wildman–Crippen LogP) is 3.33. The molecule has 0 N–H and O–H groups in total. The standard InChI is InChI=1S/C11H13Br2NO2S/c1-4-5-14(3)17(15,16)11-7-9(12)8(2)6-10(11)13/h4,6-7H,1,5H2,2-3H3. The third-order valence-electron chi connectivity index (χ3n) is 2.29. The molecule has 0 unspecified atom stereocenters. The molecule has 0 aliphatic carbocycles. The van der Waals surface area contributed by atoms with Gasteiger partial charge in [0.05, 0.1) is 4.90 Å². The molecule has 94 valence electrons. The number of hydrogen-bond acceptors (Lipinski definition) is 2. The Kier molecular flexibility index (Phi) is 4.95. The maximum absolute atomic E-state index is 12.2. The number of sulfonamides is 1. The summed E-state index contributed by atoms with van der Waals surface area (Å²) in [6, 6.07) is 3.38. The van der Waals surface area contributed by atoms with Crippen molar-refractivity contribution in [2.45, 2.75) is 11.8 Å². The first-order valence-electron chi connectivity index (χ1n) is 4.83. The van der Waals surface area contributed by atoms with Crippen molar-refractivity contribution in [2.24, 2.45) is 0 Å². The lowest BCUT2D eigenvalue weighted by atomic mass is 10.2. The normalized spacial score (nSPS) is 11.8. The Bertz CT molecular complexity index is 541. The van der Waals surface area contributed by atoms with Crippen LogP contribution in [0, 0.1) is 6.92 Å². The summed E-state index contributed by atoms with van der Waals surface area (Å²) in [5, 5.41) is 0. The van der Waals surface area contributed by atoms with E-state index in [1.165, 1.54) is 11.4 Å². The van der Waals surface area contributed by atoms with Gasteiger partial charge < -0.3 is 0 Å². The van der Waals surface area contributed by atoms with Gasteiger partial charge in [-0.25, -0.2) is 8.42 Å². The first-order valence-corrected chi connectivity index (χ1v) is 7.86. The third-order valence-corrected chi connectivity index (χ3v) is 5.92. The van der Waals surface area contributed by atoms with E-state index in [4.69, 9.17) is 0 Å². The van der Waals surface area contributed by atoms with Gasteiger partial charge in [0.25, 0.3) is 0 Å². The summed E-state index contributed by atoms with van der Waals surface area (Å²) in [5.41, 5.74) is 0.974. The van der Waals surface area contributed by atoms with E-state index in [9.17, 15) is 8.42 Å². The van der Waals surface area contributed by atoms with Gasteiger partial charge in [-0.3, -0.25) is 0 Å². The molecule has 0 amide bonds. The molecule has 0 spiro atoms. The van der Waals surface area contributed by atoms with E-state index in [0.29, 0.717) is 4.47 Å². The number of benzene rings is 1. The van der Waals surface area contributed by atoms with Gasteiger partial charge in [-0.1, -0.05) is 22.0 Å². The molecule has 0 saturated heterocycles. The van der Waals surface area contributed by atoms with Gasteiger partial charge in [-0.2, -0.15) is 4.31 Å². The van der Waals surface area contributed by atoms with Gasteiger partial charge in [-0.15, -0.1) is 6.58 Å². The van der Waals surface area contributed by atoms with Crippen LogP contribution in [0.15, 0.2) is 38.6 Å². The van der Waals surface area contributed by atoms with Crippen LogP contribution in [0.4, 0.5) is 0 Å². The maximum atomic E-state index is 12.2. The summed E-state index contributed by atoms with van der Waals surface area (Å²) in [6.45, 7) is 5.71. The SMILES string of the molecule is C=CCN(C)S(=O)(=O)c1cc(Br)c(C)cc1Br. The Balaban J connectivity index is 3.34. The van der Waals surface area contributed by atoms with Gasteiger partial charge in [-0.05, 0) is 40.5 Å². The van der Waals surface area contributed by atoms with Crippen LogP contribution in [-0.2, 0) is 10.0 Å². The number of likely N-dealkylation sites (N-methyl/N-ethyl adjacent to an activating group) is 1. The molecule has 3 nitrogen and oxygen atoms in total. The molecular formula is C11H13Br2NO2S. The highest BCUT2D eigenvalue weighted by molar-refractivity contribution is 9.11. The zero-order valence-electron chi connectivity index (χ0n) is 9.57. The lowest BCUT2D eigenvalue weighted by molar-refractivity contribution is 0.499. The van der Waals surface area contributed by atoms with Crippen molar-refractivity contribution in [3.8, 4) is 0 Å². The monoisotopic (exact) mass is 381 g/mol. The fourth-order valence-corrected chi connectivity index (χ4v) is 4.05. The quantitative estimate of drug-likeness (QED) is 0.749. The van der Waals surface area contributed by atoms with Crippen LogP contribution in [0.3, 0.4) is 0 Å². The lowest BCUT2D eigenvalue weighted by Crippen LogP contribution is -2.27. The molecule has 0 radical (unpaired) electrons. The molecule has 0 aliphatic heterocycles. The van der Waals surface area contributed by atoms with Crippen molar-refractivity contribution in [1.82, 2.24) is 4.31 Å². The van der Waals surface area contributed by atoms with E-state index >= 15 is 0 Å². The smallest absolute Gasteiger partial charge is 0.207 e. The molecule has 0 saturated carbocycles. The number of halogens is 2. The second kappa shape index (κ2) is 5.65. The van der Waals surface area contributed by atoms with E-state index in [1.807, 2.05) is 6.92 Å². The summed E-state index contributed by atoms with van der Waals surface area (Å²) >= 11 is 6.62. The summed E-state index contributed by atoms with van der Waals surface area (Å²) in [7, 11) is -1.96. The van der Waals surface area contributed by atoms with Crippen molar-refractivity contribution in [3.63, 3.8) is 0 Å². The van der Waals surface area contributed by atoms with E-state index in [-0.39, 0.29) is 11.4 Å². The summed E-state index contributed by atoms with van der Waals surface area (Å²) in [5.74, 6) is 0. The lowest BCUT2D eigenvalue weighted by Gasteiger charge is -2.17. The van der Waals surface area contributed by atoms with Crippen molar-refractivity contribution in [3.05, 3.63) is 39.3 Å². The van der Waals surface area contributed by atoms with Crippen molar-refractivity contribution >= 4 is 41.9 Å². The Morgan fingerprint density at radius 1 is 1.35 bits per heavy atom. The summed E-state index contributed by atoms with van der Waals surface area (Å²) in [4.78, 5) is 0.249. The Labute approximate surface area is 119 Å². The zero-order chi connectivity index (χ0) is 13.2. The number of rotatable bonds is 4. The Morgan fingerprint density at radius 3 is 2.47 bits per heavy atom. The second-order valence-electron chi connectivity index (χ2n) is 3.61. The van der Waals surface area contributed by atoms with E-state index < -0.39 is 10.0 Å². The third kappa shape index (κ3) is 3.19. The highest BCUT2D eigenvalue weighted by atomic mass is 79.9.